The minimum atomic E-state index is -0.522. The maximum atomic E-state index is 12.2. The van der Waals surface area contributed by atoms with Crippen LogP contribution in [-0.4, -0.2) is 36.1 Å². The lowest BCUT2D eigenvalue weighted by Gasteiger charge is -2.17. The smallest absolute Gasteiger partial charge is 0.251 e. The van der Waals surface area contributed by atoms with Gasteiger partial charge in [-0.15, -0.1) is 0 Å². The highest BCUT2D eigenvalue weighted by atomic mass is 16.3. The third-order valence-electron chi connectivity index (χ3n) is 4.08. The summed E-state index contributed by atoms with van der Waals surface area (Å²) in [6.45, 7) is 6.86. The predicted octanol–water partition coefficient (Wildman–Crippen LogP) is 2.12. The first-order chi connectivity index (χ1) is 10.9. The van der Waals surface area contributed by atoms with Crippen LogP contribution in [0.15, 0.2) is 18.2 Å². The van der Waals surface area contributed by atoms with E-state index in [4.69, 9.17) is 0 Å². The summed E-state index contributed by atoms with van der Waals surface area (Å²) in [5.74, 6) is 0.317. The van der Waals surface area contributed by atoms with Crippen molar-refractivity contribution in [1.82, 2.24) is 5.32 Å². The van der Waals surface area contributed by atoms with Crippen molar-refractivity contribution in [2.45, 2.75) is 46.1 Å². The molecule has 0 saturated carbocycles. The van der Waals surface area contributed by atoms with Crippen molar-refractivity contribution in [3.8, 4) is 0 Å². The molecule has 0 bridgehead atoms. The Hall–Kier alpha value is -1.88. The van der Waals surface area contributed by atoms with Crippen LogP contribution >= 0.6 is 0 Å². The summed E-state index contributed by atoms with van der Waals surface area (Å²) < 4.78 is 0. The molecular formula is C18H26N2O3. The van der Waals surface area contributed by atoms with E-state index in [0.29, 0.717) is 30.9 Å². The fourth-order valence-corrected chi connectivity index (χ4v) is 2.93. The van der Waals surface area contributed by atoms with Crippen LogP contribution in [0.4, 0.5) is 5.69 Å². The molecule has 5 heteroatoms. The average molecular weight is 318 g/mol. The van der Waals surface area contributed by atoms with Gasteiger partial charge in [-0.1, -0.05) is 20.8 Å². The third-order valence-corrected chi connectivity index (χ3v) is 4.08. The predicted molar refractivity (Wildman–Crippen MR) is 90.6 cm³/mol. The van der Waals surface area contributed by atoms with Crippen molar-refractivity contribution >= 4 is 17.5 Å². The van der Waals surface area contributed by atoms with Gasteiger partial charge >= 0.3 is 0 Å². The second-order valence-electron chi connectivity index (χ2n) is 6.49. The van der Waals surface area contributed by atoms with Crippen LogP contribution in [0.2, 0.25) is 0 Å². The third kappa shape index (κ3) is 4.32. The van der Waals surface area contributed by atoms with Gasteiger partial charge in [0, 0.05) is 30.8 Å². The molecule has 23 heavy (non-hydrogen) atoms. The first kappa shape index (κ1) is 17.5. The van der Waals surface area contributed by atoms with Gasteiger partial charge in [0.1, 0.15) is 0 Å². The summed E-state index contributed by atoms with van der Waals surface area (Å²) >= 11 is 0. The Morgan fingerprint density at radius 2 is 2.09 bits per heavy atom. The molecule has 1 aromatic rings. The van der Waals surface area contributed by atoms with Gasteiger partial charge in [0.05, 0.1) is 6.10 Å². The lowest BCUT2D eigenvalue weighted by Crippen LogP contribution is -2.32. The van der Waals surface area contributed by atoms with Gasteiger partial charge in [-0.3, -0.25) is 9.59 Å². The van der Waals surface area contributed by atoms with Crippen LogP contribution < -0.4 is 10.2 Å². The first-order valence-corrected chi connectivity index (χ1v) is 8.32. The van der Waals surface area contributed by atoms with E-state index in [2.05, 4.69) is 5.32 Å². The number of anilines is 1. The Labute approximate surface area is 137 Å². The minimum absolute atomic E-state index is 0.109. The second kappa shape index (κ2) is 7.59. The van der Waals surface area contributed by atoms with Crippen LogP contribution in [0.1, 0.15) is 49.5 Å². The number of carbonyl (C=O) groups is 2. The van der Waals surface area contributed by atoms with Crippen LogP contribution in [0.3, 0.4) is 0 Å². The number of amides is 2. The molecule has 0 aromatic heterocycles. The molecule has 5 nitrogen and oxygen atoms in total. The van der Waals surface area contributed by atoms with Crippen molar-refractivity contribution in [2.24, 2.45) is 5.92 Å². The number of nitrogens with one attached hydrogen (secondary N) is 1. The van der Waals surface area contributed by atoms with Gasteiger partial charge in [-0.2, -0.15) is 0 Å². The molecule has 1 heterocycles. The summed E-state index contributed by atoms with van der Waals surface area (Å²) in [4.78, 5) is 25.9. The van der Waals surface area contributed by atoms with Gasteiger partial charge in [0.15, 0.2) is 0 Å². The molecule has 2 amide bonds. The number of carbonyl (C=O) groups excluding carboxylic acids is 2. The Kier molecular flexibility index (Phi) is 5.77. The molecule has 2 N–H and O–H groups in total. The summed E-state index contributed by atoms with van der Waals surface area (Å²) in [6, 6.07) is 5.43. The largest absolute Gasteiger partial charge is 0.391 e. The van der Waals surface area contributed by atoms with Crippen LogP contribution in [-0.2, 0) is 11.2 Å². The molecule has 1 aliphatic rings. The number of aliphatic hydroxyl groups excluding tert-OH is 1. The maximum Gasteiger partial charge on any atom is 0.251 e. The molecule has 126 valence electrons. The molecule has 1 atom stereocenters. The number of benzene rings is 1. The van der Waals surface area contributed by atoms with E-state index in [0.717, 1.165) is 17.7 Å². The summed E-state index contributed by atoms with van der Waals surface area (Å²) in [7, 11) is 0. The van der Waals surface area contributed by atoms with Gasteiger partial charge in [-0.25, -0.2) is 0 Å². The molecule has 1 unspecified atom stereocenters. The monoisotopic (exact) mass is 318 g/mol. The van der Waals surface area contributed by atoms with E-state index >= 15 is 0 Å². The summed E-state index contributed by atoms with van der Waals surface area (Å²) in [5.41, 5.74) is 2.52. The van der Waals surface area contributed by atoms with Crippen molar-refractivity contribution in [2.75, 3.05) is 18.0 Å². The van der Waals surface area contributed by atoms with E-state index in [-0.39, 0.29) is 18.4 Å². The van der Waals surface area contributed by atoms with Crippen molar-refractivity contribution < 1.29 is 14.7 Å². The number of aliphatic hydroxyl groups is 1. The number of hydrogen-bond donors (Lipinski definition) is 2. The zero-order valence-electron chi connectivity index (χ0n) is 14.1. The highest BCUT2D eigenvalue weighted by molar-refractivity contribution is 5.98. The van der Waals surface area contributed by atoms with Gasteiger partial charge in [0.25, 0.3) is 5.91 Å². The molecule has 0 radical (unpaired) electrons. The number of rotatable bonds is 6. The average Bonchev–Trinajstić information content (AvgIpc) is 2.94. The van der Waals surface area contributed by atoms with Crippen LogP contribution in [0.25, 0.3) is 0 Å². The molecule has 0 fully saturated rings. The molecule has 1 aromatic carbocycles. The van der Waals surface area contributed by atoms with Crippen molar-refractivity contribution in [3.05, 3.63) is 29.3 Å². The van der Waals surface area contributed by atoms with Crippen molar-refractivity contribution in [3.63, 3.8) is 0 Å². The van der Waals surface area contributed by atoms with Gasteiger partial charge in [-0.05, 0) is 42.5 Å². The Bertz CT molecular complexity index is 584. The zero-order chi connectivity index (χ0) is 17.0. The normalized spacial score (nSPS) is 14.7. The number of fused-ring (bicyclic) bond motifs is 1. The molecule has 0 aliphatic carbocycles. The van der Waals surface area contributed by atoms with Crippen molar-refractivity contribution in [1.29, 1.82) is 0 Å². The standard InChI is InChI=1S/C18H26N2O3/c1-4-17(22)20-8-7-13-10-14(5-6-16(13)20)18(23)19-11-15(21)9-12(2)3/h5-6,10,12,15,21H,4,7-9,11H2,1-3H3,(H,19,23). The zero-order valence-corrected chi connectivity index (χ0v) is 14.1. The lowest BCUT2D eigenvalue weighted by atomic mass is 10.1. The Balaban J connectivity index is 2.00. The number of nitrogens with zero attached hydrogens (tertiary/aromatic N) is 1. The fraction of sp³-hybridized carbons (Fsp3) is 0.556. The lowest BCUT2D eigenvalue weighted by molar-refractivity contribution is -0.118. The molecule has 2 rings (SSSR count). The number of hydrogen-bond acceptors (Lipinski definition) is 3. The topological polar surface area (TPSA) is 69.6 Å². The van der Waals surface area contributed by atoms with Crippen LogP contribution in [0.5, 0.6) is 0 Å². The highest BCUT2D eigenvalue weighted by Gasteiger charge is 2.24. The van der Waals surface area contributed by atoms with Gasteiger partial charge in [0.2, 0.25) is 5.91 Å². The van der Waals surface area contributed by atoms with E-state index in [1.807, 2.05) is 32.9 Å². The second-order valence-corrected chi connectivity index (χ2v) is 6.49. The Morgan fingerprint density at radius 3 is 2.74 bits per heavy atom. The quantitative estimate of drug-likeness (QED) is 0.844. The fourth-order valence-electron chi connectivity index (χ4n) is 2.93. The minimum Gasteiger partial charge on any atom is -0.391 e. The van der Waals surface area contributed by atoms with E-state index in [1.54, 1.807) is 11.0 Å². The highest BCUT2D eigenvalue weighted by Crippen LogP contribution is 2.29. The maximum absolute atomic E-state index is 12.2. The molecule has 0 spiro atoms. The summed E-state index contributed by atoms with van der Waals surface area (Å²) in [5, 5.41) is 12.6. The van der Waals surface area contributed by atoms with E-state index in [9.17, 15) is 14.7 Å². The molecule has 0 saturated heterocycles. The van der Waals surface area contributed by atoms with Gasteiger partial charge < -0.3 is 15.3 Å². The van der Waals surface area contributed by atoms with E-state index in [1.165, 1.54) is 0 Å². The van der Waals surface area contributed by atoms with Crippen LogP contribution in [0, 0.1) is 5.92 Å². The first-order valence-electron chi connectivity index (χ1n) is 8.32. The molecule has 1 aliphatic heterocycles. The molecular weight excluding hydrogens is 292 g/mol. The Morgan fingerprint density at radius 1 is 1.35 bits per heavy atom. The SMILES string of the molecule is CCC(=O)N1CCc2cc(C(=O)NCC(O)CC(C)C)ccc21. The van der Waals surface area contributed by atoms with E-state index < -0.39 is 6.10 Å². The summed E-state index contributed by atoms with van der Waals surface area (Å²) in [6.07, 6.45) is 1.40.